The Morgan fingerprint density at radius 1 is 1.22 bits per heavy atom. The van der Waals surface area contributed by atoms with E-state index in [4.69, 9.17) is 0 Å². The summed E-state index contributed by atoms with van der Waals surface area (Å²) in [5.74, 6) is 0. The van der Waals surface area contributed by atoms with Crippen LogP contribution in [0.15, 0.2) is 34.7 Å². The average Bonchev–Trinajstić information content (AvgIpc) is 2.97. The van der Waals surface area contributed by atoms with Gasteiger partial charge in [-0.25, -0.2) is 13.4 Å². The maximum atomic E-state index is 12.2. The largest absolute Gasteiger partial charge is 0.263 e. The summed E-state index contributed by atoms with van der Waals surface area (Å²) in [4.78, 5) is 4.25. The summed E-state index contributed by atoms with van der Waals surface area (Å²) in [7, 11) is -3.51. The minimum atomic E-state index is -3.51. The van der Waals surface area contributed by atoms with Gasteiger partial charge < -0.3 is 0 Å². The van der Waals surface area contributed by atoms with Crippen LogP contribution in [0.25, 0.3) is 0 Å². The number of fused-ring (bicyclic) bond motifs is 1. The van der Waals surface area contributed by atoms with Crippen molar-refractivity contribution in [1.29, 1.82) is 0 Å². The van der Waals surface area contributed by atoms with Crippen LogP contribution in [0, 0.1) is 0 Å². The molecule has 0 saturated heterocycles. The minimum absolute atomic E-state index is 0.318. The van der Waals surface area contributed by atoms with E-state index in [-0.39, 0.29) is 0 Å². The molecule has 94 valence electrons. The maximum Gasteiger partial charge on any atom is 0.263 e. The Morgan fingerprint density at radius 3 is 2.83 bits per heavy atom. The highest BCUT2D eigenvalue weighted by Crippen LogP contribution is 2.26. The molecule has 1 aliphatic carbocycles. The maximum absolute atomic E-state index is 12.2. The summed E-state index contributed by atoms with van der Waals surface area (Å²) in [6.45, 7) is 0. The number of anilines is 1. The molecular formula is C12H12N2O2S2. The van der Waals surface area contributed by atoms with Crippen molar-refractivity contribution in [2.75, 3.05) is 4.72 Å². The molecule has 0 radical (unpaired) electrons. The van der Waals surface area contributed by atoms with E-state index < -0.39 is 10.0 Å². The molecule has 0 atom stereocenters. The van der Waals surface area contributed by atoms with E-state index in [2.05, 4.69) is 9.71 Å². The van der Waals surface area contributed by atoms with Crippen molar-refractivity contribution < 1.29 is 8.42 Å². The molecule has 0 fully saturated rings. The number of hydrogen-bond donors (Lipinski definition) is 1. The molecule has 2 aromatic rings. The van der Waals surface area contributed by atoms with Crippen molar-refractivity contribution in [2.24, 2.45) is 0 Å². The lowest BCUT2D eigenvalue weighted by molar-refractivity contribution is 0.601. The zero-order valence-corrected chi connectivity index (χ0v) is 11.2. The lowest BCUT2D eigenvalue weighted by atomic mass is 10.1. The van der Waals surface area contributed by atoms with Crippen LogP contribution in [0.1, 0.15) is 17.5 Å². The molecule has 0 spiro atoms. The van der Waals surface area contributed by atoms with Gasteiger partial charge in [0.25, 0.3) is 10.0 Å². The van der Waals surface area contributed by atoms with Gasteiger partial charge in [-0.3, -0.25) is 4.72 Å². The van der Waals surface area contributed by atoms with Gasteiger partial charge in [-0.2, -0.15) is 0 Å². The number of benzene rings is 1. The molecule has 6 heteroatoms. The normalized spacial score (nSPS) is 14.4. The number of aryl methyl sites for hydroxylation is 2. The second-order valence-corrected chi connectivity index (χ2v) is 6.80. The van der Waals surface area contributed by atoms with Gasteiger partial charge in [0, 0.05) is 11.6 Å². The Kier molecular flexibility index (Phi) is 2.83. The fourth-order valence-corrected chi connectivity index (χ4v) is 4.00. The van der Waals surface area contributed by atoms with E-state index in [1.807, 2.05) is 6.07 Å². The van der Waals surface area contributed by atoms with E-state index in [1.54, 1.807) is 23.7 Å². The molecule has 1 heterocycles. The monoisotopic (exact) mass is 280 g/mol. The predicted molar refractivity (Wildman–Crippen MR) is 71.4 cm³/mol. The number of thiazole rings is 1. The molecule has 1 aliphatic rings. The van der Waals surface area contributed by atoms with Gasteiger partial charge in [-0.1, -0.05) is 6.07 Å². The molecule has 0 unspecified atom stereocenters. The van der Waals surface area contributed by atoms with Crippen LogP contribution in [0.2, 0.25) is 0 Å². The Labute approximate surface area is 110 Å². The molecule has 3 rings (SSSR count). The second-order valence-electron chi connectivity index (χ2n) is 4.23. The van der Waals surface area contributed by atoms with E-state index in [9.17, 15) is 8.42 Å². The van der Waals surface area contributed by atoms with Crippen molar-refractivity contribution in [2.45, 2.75) is 24.2 Å². The molecule has 0 aliphatic heterocycles. The predicted octanol–water partition coefficient (Wildman–Crippen LogP) is 2.43. The third-order valence-corrected chi connectivity index (χ3v) is 5.19. The first-order valence-electron chi connectivity index (χ1n) is 5.69. The molecule has 4 nitrogen and oxygen atoms in total. The quantitative estimate of drug-likeness (QED) is 0.939. The van der Waals surface area contributed by atoms with Crippen LogP contribution in [-0.2, 0) is 22.9 Å². The van der Waals surface area contributed by atoms with Crippen molar-refractivity contribution in [3.05, 3.63) is 40.9 Å². The highest BCUT2D eigenvalue weighted by atomic mass is 32.2. The number of sulfonamides is 1. The molecule has 1 N–H and O–H groups in total. The molecule has 0 amide bonds. The highest BCUT2D eigenvalue weighted by Gasteiger charge is 2.19. The zero-order valence-electron chi connectivity index (χ0n) is 9.59. The summed E-state index contributed by atoms with van der Waals surface area (Å²) in [6, 6.07) is 5.36. The zero-order chi connectivity index (χ0) is 12.6. The van der Waals surface area contributed by atoms with Crippen molar-refractivity contribution in [3.63, 3.8) is 0 Å². The van der Waals surface area contributed by atoms with Gasteiger partial charge in [-0.15, -0.1) is 11.3 Å². The average molecular weight is 280 g/mol. The highest BCUT2D eigenvalue weighted by molar-refractivity contribution is 7.93. The number of rotatable bonds is 3. The summed E-state index contributed by atoms with van der Waals surface area (Å²) < 4.78 is 26.8. The van der Waals surface area contributed by atoms with Crippen molar-refractivity contribution in [3.8, 4) is 0 Å². The summed E-state index contributed by atoms with van der Waals surface area (Å²) in [6.07, 6.45) is 4.70. The third-order valence-electron chi connectivity index (χ3n) is 3.03. The van der Waals surface area contributed by atoms with Crippen LogP contribution in [0.3, 0.4) is 0 Å². The van der Waals surface area contributed by atoms with Gasteiger partial charge in [-0.05, 0) is 42.5 Å². The van der Waals surface area contributed by atoms with E-state index in [0.29, 0.717) is 10.0 Å². The Hall–Kier alpha value is -1.40. The number of nitrogens with one attached hydrogen (secondary N) is 1. The molecular weight excluding hydrogens is 268 g/mol. The first kappa shape index (κ1) is 11.7. The fraction of sp³-hybridized carbons (Fsp3) is 0.250. The van der Waals surface area contributed by atoms with Gasteiger partial charge >= 0.3 is 0 Å². The Morgan fingerprint density at radius 2 is 2.06 bits per heavy atom. The minimum Gasteiger partial charge on any atom is -0.255 e. The van der Waals surface area contributed by atoms with Crippen LogP contribution >= 0.6 is 11.3 Å². The smallest absolute Gasteiger partial charge is 0.255 e. The van der Waals surface area contributed by atoms with Gasteiger partial charge in [0.2, 0.25) is 0 Å². The molecule has 0 bridgehead atoms. The molecule has 1 aromatic heterocycles. The first-order valence-corrected chi connectivity index (χ1v) is 8.05. The van der Waals surface area contributed by atoms with Crippen molar-refractivity contribution in [1.82, 2.24) is 4.98 Å². The Bertz CT molecular complexity index is 663. The van der Waals surface area contributed by atoms with Gasteiger partial charge in [0.05, 0.1) is 4.90 Å². The van der Waals surface area contributed by atoms with Crippen molar-refractivity contribution >= 4 is 26.5 Å². The van der Waals surface area contributed by atoms with Gasteiger partial charge in [0.15, 0.2) is 5.13 Å². The summed E-state index contributed by atoms with van der Waals surface area (Å²) >= 11 is 1.27. The standard InChI is InChI=1S/C12H12N2O2S2/c15-18(16,14-12-13-6-7-17-12)11-5-4-9-2-1-3-10(9)8-11/h4-8H,1-3H2,(H,13,14). The van der Waals surface area contributed by atoms with Crippen LogP contribution in [-0.4, -0.2) is 13.4 Å². The Balaban J connectivity index is 1.94. The fourth-order valence-electron chi connectivity index (χ4n) is 2.16. The topological polar surface area (TPSA) is 59.1 Å². The number of hydrogen-bond acceptors (Lipinski definition) is 4. The molecule has 0 saturated carbocycles. The summed E-state index contributed by atoms with van der Waals surface area (Å²) in [5.41, 5.74) is 2.42. The van der Waals surface area contributed by atoms with Crippen LogP contribution < -0.4 is 4.72 Å². The number of aromatic nitrogens is 1. The molecule has 18 heavy (non-hydrogen) atoms. The van der Waals surface area contributed by atoms with Crippen LogP contribution in [0.4, 0.5) is 5.13 Å². The summed E-state index contributed by atoms with van der Waals surface area (Å²) in [5, 5.41) is 2.14. The van der Waals surface area contributed by atoms with E-state index in [0.717, 1.165) is 24.8 Å². The van der Waals surface area contributed by atoms with Gasteiger partial charge in [0.1, 0.15) is 0 Å². The second kappa shape index (κ2) is 4.37. The van der Waals surface area contributed by atoms with E-state index >= 15 is 0 Å². The SMILES string of the molecule is O=S(=O)(Nc1nccs1)c1ccc2c(c1)CCC2. The van der Waals surface area contributed by atoms with Crippen LogP contribution in [0.5, 0.6) is 0 Å². The lowest BCUT2D eigenvalue weighted by Gasteiger charge is -2.07. The number of nitrogens with zero attached hydrogens (tertiary/aromatic N) is 1. The lowest BCUT2D eigenvalue weighted by Crippen LogP contribution is -2.13. The van der Waals surface area contributed by atoms with E-state index in [1.165, 1.54) is 16.9 Å². The third kappa shape index (κ3) is 2.13. The first-order chi connectivity index (χ1) is 8.65. The molecule has 1 aromatic carbocycles.